The van der Waals surface area contributed by atoms with E-state index >= 15 is 0 Å². The van der Waals surface area contributed by atoms with Gasteiger partial charge in [0.1, 0.15) is 0 Å². The molecule has 1 aliphatic heterocycles. The first kappa shape index (κ1) is 17.1. The first-order chi connectivity index (χ1) is 12.2. The Morgan fingerprint density at radius 1 is 1.28 bits per heavy atom. The highest BCUT2D eigenvalue weighted by Crippen LogP contribution is 2.18. The highest BCUT2D eigenvalue weighted by molar-refractivity contribution is 5.92. The fourth-order valence-corrected chi connectivity index (χ4v) is 2.95. The van der Waals surface area contributed by atoms with Gasteiger partial charge in [0.2, 0.25) is 5.91 Å². The summed E-state index contributed by atoms with van der Waals surface area (Å²) in [5.74, 6) is -0.442. The number of nitrogens with zero attached hydrogens (tertiary/aromatic N) is 4. The molecule has 0 saturated carbocycles. The summed E-state index contributed by atoms with van der Waals surface area (Å²) >= 11 is 0. The zero-order valence-electron chi connectivity index (χ0n) is 14.0. The van der Waals surface area contributed by atoms with Crippen molar-refractivity contribution in [2.75, 3.05) is 26.2 Å². The Morgan fingerprint density at radius 2 is 2.08 bits per heavy atom. The lowest BCUT2D eigenvalue weighted by Crippen LogP contribution is -2.46. The highest BCUT2D eigenvalue weighted by Gasteiger charge is 2.29. The summed E-state index contributed by atoms with van der Waals surface area (Å²) in [6.07, 6.45) is 3.19. The van der Waals surface area contributed by atoms with Crippen LogP contribution in [-0.4, -0.2) is 57.9 Å². The van der Waals surface area contributed by atoms with E-state index in [-0.39, 0.29) is 23.4 Å². The number of nitrogens with two attached hydrogens (primary N) is 1. The number of carbonyl (C=O) groups excluding carboxylic acids is 2. The fraction of sp³-hybridized carbons (Fsp3) is 0.412. The van der Waals surface area contributed by atoms with Crippen LogP contribution in [0.4, 0.5) is 0 Å². The summed E-state index contributed by atoms with van der Waals surface area (Å²) < 4.78 is 1.57. The second-order valence-electron chi connectivity index (χ2n) is 6.05. The van der Waals surface area contributed by atoms with E-state index in [2.05, 4.69) is 15.6 Å². The third kappa shape index (κ3) is 4.03. The molecule has 0 spiro atoms. The molecule has 1 atom stereocenters. The van der Waals surface area contributed by atoms with Crippen LogP contribution in [0.15, 0.2) is 36.5 Å². The molecule has 8 nitrogen and oxygen atoms in total. The van der Waals surface area contributed by atoms with Gasteiger partial charge in [0.15, 0.2) is 5.69 Å². The van der Waals surface area contributed by atoms with Gasteiger partial charge in [-0.25, -0.2) is 4.68 Å². The van der Waals surface area contributed by atoms with Gasteiger partial charge in [0.05, 0.1) is 17.8 Å². The second kappa shape index (κ2) is 7.89. The molecular weight excluding hydrogens is 320 g/mol. The Morgan fingerprint density at radius 3 is 2.84 bits per heavy atom. The van der Waals surface area contributed by atoms with Gasteiger partial charge in [-0.1, -0.05) is 23.4 Å². The minimum Gasteiger partial charge on any atom is -0.355 e. The van der Waals surface area contributed by atoms with Crippen LogP contribution in [0.2, 0.25) is 0 Å². The van der Waals surface area contributed by atoms with Crippen LogP contribution < -0.4 is 11.1 Å². The minimum absolute atomic E-state index is 0.0455. The van der Waals surface area contributed by atoms with E-state index in [9.17, 15) is 9.59 Å². The van der Waals surface area contributed by atoms with E-state index in [1.54, 1.807) is 15.8 Å². The SMILES string of the molecule is NCCNC(=O)C1CCCN(C(=O)c2cn(-c3ccccc3)nn2)C1. The third-order valence-corrected chi connectivity index (χ3v) is 4.26. The molecular formula is C17H22N6O2. The van der Waals surface area contributed by atoms with Gasteiger partial charge < -0.3 is 16.0 Å². The van der Waals surface area contributed by atoms with Crippen molar-refractivity contribution in [1.82, 2.24) is 25.2 Å². The van der Waals surface area contributed by atoms with Crippen molar-refractivity contribution in [3.63, 3.8) is 0 Å². The summed E-state index contributed by atoms with van der Waals surface area (Å²) in [5, 5.41) is 10.8. The maximum atomic E-state index is 12.7. The predicted molar refractivity (Wildman–Crippen MR) is 92.1 cm³/mol. The molecule has 1 aromatic heterocycles. The average molecular weight is 342 g/mol. The molecule has 2 aromatic rings. The van der Waals surface area contributed by atoms with E-state index < -0.39 is 0 Å². The van der Waals surface area contributed by atoms with Gasteiger partial charge in [-0.15, -0.1) is 5.10 Å². The van der Waals surface area contributed by atoms with Gasteiger partial charge in [0, 0.05) is 26.2 Å². The Labute approximate surface area is 146 Å². The van der Waals surface area contributed by atoms with E-state index in [1.165, 1.54) is 0 Å². The van der Waals surface area contributed by atoms with Crippen molar-refractivity contribution in [2.45, 2.75) is 12.8 Å². The molecule has 1 fully saturated rings. The first-order valence-electron chi connectivity index (χ1n) is 8.44. The Balaban J connectivity index is 1.66. The highest BCUT2D eigenvalue weighted by atomic mass is 16.2. The zero-order valence-corrected chi connectivity index (χ0v) is 14.0. The number of carbonyl (C=O) groups is 2. The van der Waals surface area contributed by atoms with Crippen LogP contribution in [-0.2, 0) is 4.79 Å². The quantitative estimate of drug-likeness (QED) is 0.807. The number of hydrogen-bond acceptors (Lipinski definition) is 5. The number of para-hydroxylation sites is 1. The summed E-state index contributed by atoms with van der Waals surface area (Å²) in [4.78, 5) is 26.5. The molecule has 132 valence electrons. The molecule has 1 saturated heterocycles. The molecule has 25 heavy (non-hydrogen) atoms. The number of likely N-dealkylation sites (tertiary alicyclic amines) is 1. The van der Waals surface area contributed by atoms with Crippen LogP contribution in [0, 0.1) is 5.92 Å². The van der Waals surface area contributed by atoms with Crippen molar-refractivity contribution in [2.24, 2.45) is 11.7 Å². The van der Waals surface area contributed by atoms with Gasteiger partial charge in [0.25, 0.3) is 5.91 Å². The number of nitrogens with one attached hydrogen (secondary N) is 1. The smallest absolute Gasteiger partial charge is 0.276 e. The van der Waals surface area contributed by atoms with Crippen molar-refractivity contribution in [1.29, 1.82) is 0 Å². The normalized spacial score (nSPS) is 17.3. The van der Waals surface area contributed by atoms with Crippen LogP contribution in [0.5, 0.6) is 0 Å². The number of rotatable bonds is 5. The van der Waals surface area contributed by atoms with E-state index in [0.717, 1.165) is 18.5 Å². The minimum atomic E-state index is -0.201. The summed E-state index contributed by atoms with van der Waals surface area (Å²) in [5.41, 5.74) is 6.54. The maximum Gasteiger partial charge on any atom is 0.276 e. The lowest BCUT2D eigenvalue weighted by Gasteiger charge is -2.31. The van der Waals surface area contributed by atoms with Gasteiger partial charge in [-0.05, 0) is 25.0 Å². The molecule has 1 aliphatic rings. The molecule has 1 unspecified atom stereocenters. The Kier molecular flexibility index (Phi) is 5.39. The lowest BCUT2D eigenvalue weighted by atomic mass is 9.97. The first-order valence-corrected chi connectivity index (χ1v) is 8.44. The second-order valence-corrected chi connectivity index (χ2v) is 6.05. The molecule has 2 amide bonds. The van der Waals surface area contributed by atoms with Crippen LogP contribution in [0.3, 0.4) is 0 Å². The van der Waals surface area contributed by atoms with Crippen molar-refractivity contribution >= 4 is 11.8 Å². The summed E-state index contributed by atoms with van der Waals surface area (Å²) in [6, 6.07) is 9.49. The molecule has 2 heterocycles. The van der Waals surface area contributed by atoms with Gasteiger partial charge in [-0.3, -0.25) is 9.59 Å². The van der Waals surface area contributed by atoms with Crippen molar-refractivity contribution < 1.29 is 9.59 Å². The van der Waals surface area contributed by atoms with Crippen LogP contribution >= 0.6 is 0 Å². The molecule has 0 bridgehead atoms. The molecule has 1 aromatic carbocycles. The van der Waals surface area contributed by atoms with Crippen LogP contribution in [0.1, 0.15) is 23.3 Å². The monoisotopic (exact) mass is 342 g/mol. The van der Waals surface area contributed by atoms with Gasteiger partial charge >= 0.3 is 0 Å². The molecule has 3 N–H and O–H groups in total. The molecule has 0 aliphatic carbocycles. The Bertz CT molecular complexity index is 730. The largest absolute Gasteiger partial charge is 0.355 e. The lowest BCUT2D eigenvalue weighted by molar-refractivity contribution is -0.126. The topological polar surface area (TPSA) is 106 Å². The summed E-state index contributed by atoms with van der Waals surface area (Å²) in [6.45, 7) is 1.88. The Hall–Kier alpha value is -2.74. The molecule has 0 radical (unpaired) electrons. The van der Waals surface area contributed by atoms with Crippen molar-refractivity contribution in [3.05, 3.63) is 42.2 Å². The number of piperidine rings is 1. The van der Waals surface area contributed by atoms with Crippen molar-refractivity contribution in [3.8, 4) is 5.69 Å². The van der Waals surface area contributed by atoms with E-state index in [4.69, 9.17) is 5.73 Å². The standard InChI is InChI=1S/C17H22N6O2/c18-8-9-19-16(24)13-5-4-10-22(11-13)17(25)15-12-23(21-20-15)14-6-2-1-3-7-14/h1-3,6-7,12-13H,4-5,8-11,18H2,(H,19,24). The van der Waals surface area contributed by atoms with E-state index in [1.807, 2.05) is 30.3 Å². The number of aromatic nitrogens is 3. The van der Waals surface area contributed by atoms with E-state index in [0.29, 0.717) is 26.2 Å². The number of benzene rings is 1. The summed E-state index contributed by atoms with van der Waals surface area (Å²) in [7, 11) is 0. The predicted octanol–water partition coefficient (Wildman–Crippen LogP) is 0.194. The van der Waals surface area contributed by atoms with Crippen LogP contribution in [0.25, 0.3) is 5.69 Å². The molecule has 8 heteroatoms. The average Bonchev–Trinajstić information content (AvgIpc) is 3.16. The third-order valence-electron chi connectivity index (χ3n) is 4.26. The number of amides is 2. The fourth-order valence-electron chi connectivity index (χ4n) is 2.95. The maximum absolute atomic E-state index is 12.7. The molecule has 3 rings (SSSR count). The number of hydrogen-bond donors (Lipinski definition) is 2. The zero-order chi connectivity index (χ0) is 17.6. The van der Waals surface area contributed by atoms with Gasteiger partial charge in [-0.2, -0.15) is 0 Å².